The van der Waals surface area contributed by atoms with Crippen LogP contribution >= 0.6 is 11.3 Å². The molecule has 0 aromatic carbocycles. The number of nitrogens with zero attached hydrogens (tertiary/aromatic N) is 3. The topological polar surface area (TPSA) is 62.5 Å². The molecule has 6 heteroatoms. The Labute approximate surface area is 131 Å². The normalized spacial score (nSPS) is 22.1. The van der Waals surface area contributed by atoms with Gasteiger partial charge in [0, 0.05) is 26.7 Å². The number of hydrogen-bond donors (Lipinski definition) is 1. The highest BCUT2D eigenvalue weighted by molar-refractivity contribution is 7.18. The molecule has 0 spiro atoms. The monoisotopic (exact) mass is 310 g/mol. The van der Waals surface area contributed by atoms with E-state index in [1.807, 2.05) is 23.9 Å². The largest absolute Gasteiger partial charge is 0.382 e. The van der Waals surface area contributed by atoms with Gasteiger partial charge < -0.3 is 15.5 Å². The predicted molar refractivity (Wildman–Crippen MR) is 89.0 cm³/mol. The van der Waals surface area contributed by atoms with Crippen LogP contribution in [-0.2, 0) is 0 Å². The zero-order chi connectivity index (χ0) is 15.6. The highest BCUT2D eigenvalue weighted by Gasteiger charge is 2.30. The minimum absolute atomic E-state index is 0.0134. The average Bonchev–Trinajstić information content (AvgIpc) is 2.87. The van der Waals surface area contributed by atoms with Gasteiger partial charge in [-0.15, -0.1) is 0 Å². The van der Waals surface area contributed by atoms with E-state index in [1.165, 1.54) is 30.6 Å². The van der Waals surface area contributed by atoms with Crippen molar-refractivity contribution in [3.63, 3.8) is 0 Å². The Bertz CT molecular complexity index is 502. The Balaban J connectivity index is 2.17. The smallest absolute Gasteiger partial charge is 0.267 e. The summed E-state index contributed by atoms with van der Waals surface area (Å²) in [6, 6.07) is 0.320. The third-order valence-electron chi connectivity index (χ3n) is 4.52. The third-order valence-corrected chi connectivity index (χ3v) is 5.69. The molecule has 1 fully saturated rings. The summed E-state index contributed by atoms with van der Waals surface area (Å²) in [6.45, 7) is 5.13. The quantitative estimate of drug-likeness (QED) is 0.929. The molecule has 1 aromatic heterocycles. The number of nitrogen functional groups attached to an aromatic ring is 1. The highest BCUT2D eigenvalue weighted by Crippen LogP contribution is 2.32. The number of thiazole rings is 1. The summed E-state index contributed by atoms with van der Waals surface area (Å²) in [4.78, 5) is 21.5. The fraction of sp³-hybridized carbons (Fsp3) is 0.733. The van der Waals surface area contributed by atoms with Gasteiger partial charge in [0.15, 0.2) is 5.13 Å². The van der Waals surface area contributed by atoms with Crippen molar-refractivity contribution in [1.82, 2.24) is 9.88 Å². The number of nitrogens with two attached hydrogens (primary N) is 1. The van der Waals surface area contributed by atoms with Crippen LogP contribution in [0.25, 0.3) is 0 Å². The summed E-state index contributed by atoms with van der Waals surface area (Å²) in [5.74, 6) is 0.926. The Kier molecular flexibility index (Phi) is 5.08. The number of carbonyl (C=O) groups excluding carboxylic acids is 1. The van der Waals surface area contributed by atoms with E-state index in [-0.39, 0.29) is 5.91 Å². The molecule has 0 aliphatic heterocycles. The van der Waals surface area contributed by atoms with E-state index in [4.69, 9.17) is 5.73 Å². The third kappa shape index (κ3) is 3.31. The van der Waals surface area contributed by atoms with Gasteiger partial charge in [0.2, 0.25) is 0 Å². The molecule has 1 aromatic rings. The van der Waals surface area contributed by atoms with Crippen LogP contribution in [0, 0.1) is 5.92 Å². The first-order valence-corrected chi connectivity index (χ1v) is 8.52. The van der Waals surface area contributed by atoms with Gasteiger partial charge in [0.1, 0.15) is 10.7 Å². The zero-order valence-electron chi connectivity index (χ0n) is 13.4. The van der Waals surface area contributed by atoms with Gasteiger partial charge in [-0.25, -0.2) is 4.98 Å². The van der Waals surface area contributed by atoms with E-state index in [0.717, 1.165) is 18.1 Å². The summed E-state index contributed by atoms with van der Waals surface area (Å²) in [7, 11) is 3.86. The van der Waals surface area contributed by atoms with Crippen molar-refractivity contribution in [3.05, 3.63) is 4.88 Å². The molecule has 2 atom stereocenters. The Morgan fingerprint density at radius 3 is 2.67 bits per heavy atom. The molecule has 1 amide bonds. The second kappa shape index (κ2) is 6.64. The molecular weight excluding hydrogens is 284 g/mol. The van der Waals surface area contributed by atoms with E-state index >= 15 is 0 Å². The molecule has 118 valence electrons. The van der Waals surface area contributed by atoms with Gasteiger partial charge in [0.05, 0.1) is 0 Å². The highest BCUT2D eigenvalue weighted by atomic mass is 32.1. The number of amides is 1. The maximum atomic E-state index is 12.7. The second-order valence-electron chi connectivity index (χ2n) is 5.97. The predicted octanol–water partition coefficient (Wildman–Crippen LogP) is 2.83. The standard InChI is InChI=1S/C15H26N4OS/c1-5-18(3)15-17-13(16)12(21-15)14(20)19(4)11-9-7-6-8-10(11)2/h10-11H,5-9,16H2,1-4H3. The summed E-state index contributed by atoms with van der Waals surface area (Å²) in [5.41, 5.74) is 5.96. The number of aromatic nitrogens is 1. The van der Waals surface area contributed by atoms with Gasteiger partial charge >= 0.3 is 0 Å². The van der Waals surface area contributed by atoms with Crippen molar-refractivity contribution in [2.24, 2.45) is 5.92 Å². The molecule has 1 aliphatic rings. The lowest BCUT2D eigenvalue weighted by atomic mass is 9.85. The Morgan fingerprint density at radius 2 is 2.05 bits per heavy atom. The maximum absolute atomic E-state index is 12.7. The summed E-state index contributed by atoms with van der Waals surface area (Å²) in [5, 5.41) is 0.809. The lowest BCUT2D eigenvalue weighted by molar-refractivity contribution is 0.0634. The van der Waals surface area contributed by atoms with Crippen LogP contribution in [-0.4, -0.2) is 42.5 Å². The van der Waals surface area contributed by atoms with Crippen molar-refractivity contribution < 1.29 is 4.79 Å². The molecule has 1 saturated carbocycles. The van der Waals surface area contributed by atoms with Gasteiger partial charge in [-0.05, 0) is 25.7 Å². The summed E-state index contributed by atoms with van der Waals surface area (Å²) >= 11 is 1.39. The molecule has 1 heterocycles. The molecule has 2 rings (SSSR count). The molecule has 5 nitrogen and oxygen atoms in total. The van der Waals surface area contributed by atoms with Gasteiger partial charge in [0.25, 0.3) is 5.91 Å². The number of anilines is 2. The van der Waals surface area contributed by atoms with Crippen molar-refractivity contribution in [2.75, 3.05) is 31.3 Å². The van der Waals surface area contributed by atoms with Gasteiger partial charge in [-0.2, -0.15) is 0 Å². The van der Waals surface area contributed by atoms with Crippen LogP contribution in [0.1, 0.15) is 49.2 Å². The molecule has 2 unspecified atom stereocenters. The molecule has 0 radical (unpaired) electrons. The van der Waals surface area contributed by atoms with E-state index in [0.29, 0.717) is 22.7 Å². The lowest BCUT2D eigenvalue weighted by Crippen LogP contribution is -2.42. The van der Waals surface area contributed by atoms with Crippen molar-refractivity contribution in [2.45, 2.75) is 45.6 Å². The number of rotatable bonds is 4. The fourth-order valence-corrected chi connectivity index (χ4v) is 3.95. The molecule has 2 N–H and O–H groups in total. The van der Waals surface area contributed by atoms with Crippen molar-refractivity contribution >= 4 is 28.2 Å². The first kappa shape index (κ1) is 16.1. The van der Waals surface area contributed by atoms with Gasteiger partial charge in [-0.3, -0.25) is 4.79 Å². The first-order valence-electron chi connectivity index (χ1n) is 7.70. The summed E-state index contributed by atoms with van der Waals surface area (Å²) < 4.78 is 0. The van der Waals surface area contributed by atoms with Crippen LogP contribution in [0.2, 0.25) is 0 Å². The van der Waals surface area contributed by atoms with E-state index in [1.54, 1.807) is 0 Å². The number of hydrogen-bond acceptors (Lipinski definition) is 5. The van der Waals surface area contributed by atoms with Crippen LogP contribution in [0.15, 0.2) is 0 Å². The van der Waals surface area contributed by atoms with E-state index in [9.17, 15) is 4.79 Å². The zero-order valence-corrected chi connectivity index (χ0v) is 14.2. The van der Waals surface area contributed by atoms with Crippen LogP contribution in [0.5, 0.6) is 0 Å². The minimum atomic E-state index is 0.0134. The average molecular weight is 310 g/mol. The molecule has 0 bridgehead atoms. The van der Waals surface area contributed by atoms with Crippen LogP contribution in [0.3, 0.4) is 0 Å². The Morgan fingerprint density at radius 1 is 1.38 bits per heavy atom. The molecule has 1 aliphatic carbocycles. The van der Waals surface area contributed by atoms with E-state index < -0.39 is 0 Å². The fourth-order valence-electron chi connectivity index (χ4n) is 2.95. The number of carbonyl (C=O) groups is 1. The molecular formula is C15H26N4OS. The van der Waals surface area contributed by atoms with Gasteiger partial charge in [-0.1, -0.05) is 31.1 Å². The van der Waals surface area contributed by atoms with E-state index in [2.05, 4.69) is 18.8 Å². The maximum Gasteiger partial charge on any atom is 0.267 e. The first-order chi connectivity index (χ1) is 9.95. The molecule has 21 heavy (non-hydrogen) atoms. The van der Waals surface area contributed by atoms with Crippen molar-refractivity contribution in [3.8, 4) is 0 Å². The van der Waals surface area contributed by atoms with Crippen LogP contribution in [0.4, 0.5) is 10.9 Å². The Hall–Kier alpha value is -1.30. The molecule has 0 saturated heterocycles. The van der Waals surface area contributed by atoms with Crippen LogP contribution < -0.4 is 10.6 Å². The summed E-state index contributed by atoms with van der Waals surface area (Å²) in [6.07, 6.45) is 4.76. The van der Waals surface area contributed by atoms with Crippen molar-refractivity contribution in [1.29, 1.82) is 0 Å². The lowest BCUT2D eigenvalue weighted by Gasteiger charge is -2.36. The second-order valence-corrected chi connectivity index (χ2v) is 6.95. The minimum Gasteiger partial charge on any atom is -0.382 e. The SMILES string of the molecule is CCN(C)c1nc(N)c(C(=O)N(C)C2CCCCC2C)s1.